The molecule has 0 saturated carbocycles. The van der Waals surface area contributed by atoms with Gasteiger partial charge in [-0.3, -0.25) is 14.4 Å². The Bertz CT molecular complexity index is 1270. The van der Waals surface area contributed by atoms with E-state index in [1.165, 1.54) is 11.6 Å². The molecule has 0 fully saturated rings. The minimum Gasteiger partial charge on any atom is -0.480 e. The fourth-order valence-electron chi connectivity index (χ4n) is 3.76. The summed E-state index contributed by atoms with van der Waals surface area (Å²) in [6, 6.07) is 12.1. The second-order valence-corrected chi connectivity index (χ2v) is 8.36. The summed E-state index contributed by atoms with van der Waals surface area (Å²) in [7, 11) is 5.24. The molecule has 0 radical (unpaired) electrons. The van der Waals surface area contributed by atoms with Crippen LogP contribution in [0.2, 0.25) is 0 Å². The van der Waals surface area contributed by atoms with Gasteiger partial charge in [-0.1, -0.05) is 35.9 Å². The van der Waals surface area contributed by atoms with Crippen LogP contribution in [-0.4, -0.2) is 47.6 Å². The van der Waals surface area contributed by atoms with Gasteiger partial charge >= 0.3 is 12.1 Å². The van der Waals surface area contributed by atoms with E-state index < -0.39 is 23.3 Å². The zero-order valence-electron chi connectivity index (χ0n) is 19.9. The van der Waals surface area contributed by atoms with Gasteiger partial charge in [0.25, 0.3) is 5.56 Å². The van der Waals surface area contributed by atoms with E-state index in [1.807, 2.05) is 43.4 Å². The molecule has 0 bridgehead atoms. The van der Waals surface area contributed by atoms with Crippen LogP contribution in [0.25, 0.3) is 10.9 Å². The third-order valence-corrected chi connectivity index (χ3v) is 5.14. The minimum atomic E-state index is -4.62. The Kier molecular flexibility index (Phi) is 9.18. The van der Waals surface area contributed by atoms with Crippen molar-refractivity contribution in [1.29, 1.82) is 0 Å². The third kappa shape index (κ3) is 7.41. The lowest BCUT2D eigenvalue weighted by Crippen LogP contribution is -2.27. The van der Waals surface area contributed by atoms with Crippen LogP contribution >= 0.6 is 0 Å². The summed E-state index contributed by atoms with van der Waals surface area (Å²) >= 11 is 0. The standard InChI is InChI=1S/C22H23F3N2O.C3H5NO3/c1-14-6-5-7-15(10-14)11-18-20(22(23,24)25)17-12-16(13-26(2)3)8-9-19(17)27(4)21(18)28;5-2-4-1-3(6)7/h5-10,12H,11,13H2,1-4H3;2H,1H2,(H,4,5)(H,6,7). The Morgan fingerprint density at radius 3 is 2.34 bits per heavy atom. The van der Waals surface area contributed by atoms with E-state index in [0.29, 0.717) is 18.5 Å². The van der Waals surface area contributed by atoms with Gasteiger partial charge in [0.2, 0.25) is 6.41 Å². The lowest BCUT2D eigenvalue weighted by atomic mass is 9.95. The molecule has 0 atom stereocenters. The number of hydrogen-bond acceptors (Lipinski definition) is 4. The third-order valence-electron chi connectivity index (χ3n) is 5.14. The van der Waals surface area contributed by atoms with Crippen molar-refractivity contribution in [3.63, 3.8) is 0 Å². The number of amides is 1. The number of alkyl halides is 3. The van der Waals surface area contributed by atoms with Gasteiger partial charge in [0.1, 0.15) is 6.54 Å². The molecule has 0 aliphatic carbocycles. The molecule has 0 spiro atoms. The number of aromatic nitrogens is 1. The Morgan fingerprint density at radius 2 is 1.83 bits per heavy atom. The number of benzene rings is 2. The number of carboxylic acids is 1. The molecular weight excluding hydrogens is 463 g/mol. The second kappa shape index (κ2) is 11.7. The number of fused-ring (bicyclic) bond motifs is 1. The Hall–Kier alpha value is -3.66. The number of nitrogens with zero attached hydrogens (tertiary/aromatic N) is 2. The highest BCUT2D eigenvalue weighted by Crippen LogP contribution is 2.37. The summed E-state index contributed by atoms with van der Waals surface area (Å²) < 4.78 is 43.6. The number of carbonyl (C=O) groups excluding carboxylic acids is 1. The summed E-state index contributed by atoms with van der Waals surface area (Å²) in [5.41, 5.74) is 1.03. The van der Waals surface area contributed by atoms with Crippen molar-refractivity contribution in [2.45, 2.75) is 26.1 Å². The number of halogens is 3. The molecule has 35 heavy (non-hydrogen) atoms. The summed E-state index contributed by atoms with van der Waals surface area (Å²) in [5.74, 6) is -1.04. The maximum absolute atomic E-state index is 14.1. The first-order chi connectivity index (χ1) is 16.3. The lowest BCUT2D eigenvalue weighted by molar-refractivity contribution is -0.137. The number of hydrogen-bond donors (Lipinski definition) is 2. The average Bonchev–Trinajstić information content (AvgIpc) is 2.75. The van der Waals surface area contributed by atoms with Crippen LogP contribution in [0.15, 0.2) is 47.3 Å². The van der Waals surface area contributed by atoms with E-state index in [9.17, 15) is 27.6 Å². The van der Waals surface area contributed by atoms with E-state index in [-0.39, 0.29) is 29.4 Å². The van der Waals surface area contributed by atoms with Gasteiger partial charge in [0.05, 0.1) is 11.1 Å². The normalized spacial score (nSPS) is 11.2. The van der Waals surface area contributed by atoms with Crippen molar-refractivity contribution < 1.29 is 27.9 Å². The summed E-state index contributed by atoms with van der Waals surface area (Å²) in [4.78, 5) is 33.6. The van der Waals surface area contributed by atoms with Crippen molar-refractivity contribution in [1.82, 2.24) is 14.8 Å². The Labute approximate surface area is 200 Å². The van der Waals surface area contributed by atoms with Crippen LogP contribution in [-0.2, 0) is 35.8 Å². The van der Waals surface area contributed by atoms with E-state index in [2.05, 4.69) is 0 Å². The van der Waals surface area contributed by atoms with Gasteiger partial charge in [-0.2, -0.15) is 13.2 Å². The predicted molar refractivity (Wildman–Crippen MR) is 127 cm³/mol. The number of rotatable bonds is 7. The molecule has 0 aliphatic heterocycles. The molecule has 10 heteroatoms. The van der Waals surface area contributed by atoms with Gasteiger partial charge in [0, 0.05) is 31.0 Å². The molecular formula is C25H28F3N3O4. The van der Waals surface area contributed by atoms with Crippen molar-refractivity contribution >= 4 is 23.3 Å². The van der Waals surface area contributed by atoms with Crippen molar-refractivity contribution in [3.8, 4) is 0 Å². The fraction of sp³-hybridized carbons (Fsp3) is 0.320. The molecule has 1 aromatic heterocycles. The van der Waals surface area contributed by atoms with Gasteiger partial charge in [-0.15, -0.1) is 0 Å². The van der Waals surface area contributed by atoms with Crippen LogP contribution in [0.3, 0.4) is 0 Å². The summed E-state index contributed by atoms with van der Waals surface area (Å²) in [6.07, 6.45) is -4.34. The first-order valence-corrected chi connectivity index (χ1v) is 10.7. The van der Waals surface area contributed by atoms with Crippen molar-refractivity contribution in [3.05, 3.63) is 80.6 Å². The minimum absolute atomic E-state index is 0.0585. The molecule has 0 unspecified atom stereocenters. The SMILES string of the molecule is Cc1cccc(Cc2c(C(F)(F)F)c3cc(CN(C)C)ccc3n(C)c2=O)c1.O=CNCC(=O)O. The van der Waals surface area contributed by atoms with Gasteiger partial charge in [-0.05, 0) is 44.3 Å². The molecule has 2 N–H and O–H groups in total. The van der Waals surface area contributed by atoms with Gasteiger partial charge < -0.3 is 19.9 Å². The first-order valence-electron chi connectivity index (χ1n) is 10.7. The highest BCUT2D eigenvalue weighted by atomic mass is 19.4. The molecule has 0 aliphatic rings. The Morgan fingerprint density at radius 1 is 1.14 bits per heavy atom. The molecule has 1 heterocycles. The monoisotopic (exact) mass is 491 g/mol. The quantitative estimate of drug-likeness (QED) is 0.495. The number of pyridine rings is 1. The van der Waals surface area contributed by atoms with E-state index in [1.54, 1.807) is 30.3 Å². The fourth-order valence-corrected chi connectivity index (χ4v) is 3.76. The van der Waals surface area contributed by atoms with Crippen molar-refractivity contribution in [2.24, 2.45) is 7.05 Å². The van der Waals surface area contributed by atoms with E-state index >= 15 is 0 Å². The highest BCUT2D eigenvalue weighted by Gasteiger charge is 2.37. The smallest absolute Gasteiger partial charge is 0.417 e. The number of aryl methyl sites for hydroxylation is 2. The molecule has 3 rings (SSSR count). The number of carboxylic acid groups (broad SMARTS) is 1. The summed E-state index contributed by atoms with van der Waals surface area (Å²) in [6.45, 7) is 2.09. The first kappa shape index (κ1) is 27.6. The molecule has 1 amide bonds. The van der Waals surface area contributed by atoms with Gasteiger partial charge in [0.15, 0.2) is 0 Å². The lowest BCUT2D eigenvalue weighted by Gasteiger charge is -2.19. The maximum Gasteiger partial charge on any atom is 0.417 e. The zero-order valence-corrected chi connectivity index (χ0v) is 19.9. The van der Waals surface area contributed by atoms with Crippen LogP contribution in [0.5, 0.6) is 0 Å². The molecule has 2 aromatic carbocycles. The topological polar surface area (TPSA) is 91.6 Å². The van der Waals surface area contributed by atoms with E-state index in [0.717, 1.165) is 11.1 Å². The number of aliphatic carboxylic acids is 1. The largest absolute Gasteiger partial charge is 0.480 e. The molecule has 3 aromatic rings. The maximum atomic E-state index is 14.1. The highest BCUT2D eigenvalue weighted by molar-refractivity contribution is 5.85. The van der Waals surface area contributed by atoms with Gasteiger partial charge in [-0.25, -0.2) is 0 Å². The van der Waals surface area contributed by atoms with E-state index in [4.69, 9.17) is 5.11 Å². The van der Waals surface area contributed by atoms with Crippen LogP contribution < -0.4 is 10.9 Å². The summed E-state index contributed by atoms with van der Waals surface area (Å²) in [5, 5.41) is 9.86. The number of carbonyl (C=O) groups is 2. The van der Waals surface area contributed by atoms with Crippen LogP contribution in [0, 0.1) is 6.92 Å². The average molecular weight is 492 g/mol. The number of nitrogens with one attached hydrogen (secondary N) is 1. The van der Waals surface area contributed by atoms with Crippen LogP contribution in [0.1, 0.15) is 27.8 Å². The molecule has 0 saturated heterocycles. The molecule has 7 nitrogen and oxygen atoms in total. The predicted octanol–water partition coefficient (Wildman–Crippen LogP) is 3.34. The van der Waals surface area contributed by atoms with Crippen LogP contribution in [0.4, 0.5) is 13.2 Å². The van der Waals surface area contributed by atoms with Crippen molar-refractivity contribution in [2.75, 3.05) is 20.6 Å². The Balaban J connectivity index is 0.000000540. The zero-order chi connectivity index (χ0) is 26.3. The molecule has 188 valence electrons. The second-order valence-electron chi connectivity index (χ2n) is 8.36.